The van der Waals surface area contributed by atoms with Crippen LogP contribution in [-0.4, -0.2) is 24.7 Å². The molecule has 0 aliphatic heterocycles. The average Bonchev–Trinajstić information content (AvgIpc) is 2.54. The van der Waals surface area contributed by atoms with Crippen molar-refractivity contribution < 1.29 is 8.42 Å². The third-order valence-electron chi connectivity index (χ3n) is 2.51. The molecular formula is C8H16N2O2S2. The number of nitrogens with two attached hydrogens (primary N) is 1. The standard InChI is InChI=1S/C8H16N2O2S2/c1-6(8(9)13)10-14(11,12)7-4-2-3-5-7/h6-7,10H,2-5H2,1H3,(H2,9,13). The minimum absolute atomic E-state index is 0.187. The number of rotatable bonds is 4. The first kappa shape index (κ1) is 11.9. The maximum Gasteiger partial charge on any atom is 0.215 e. The second-order valence-electron chi connectivity index (χ2n) is 3.69. The molecule has 1 aliphatic rings. The molecule has 1 aliphatic carbocycles. The fourth-order valence-electron chi connectivity index (χ4n) is 1.60. The molecule has 0 aromatic rings. The molecule has 1 atom stereocenters. The summed E-state index contributed by atoms with van der Waals surface area (Å²) in [7, 11) is -3.22. The van der Waals surface area contributed by atoms with Crippen LogP contribution >= 0.6 is 12.2 Å². The zero-order valence-corrected chi connectivity index (χ0v) is 9.83. The average molecular weight is 236 g/mol. The van der Waals surface area contributed by atoms with Crippen LogP contribution in [0.4, 0.5) is 0 Å². The summed E-state index contributed by atoms with van der Waals surface area (Å²) < 4.78 is 25.9. The Morgan fingerprint density at radius 2 is 2.00 bits per heavy atom. The van der Waals surface area contributed by atoms with E-state index in [0.717, 1.165) is 25.7 Å². The Kier molecular flexibility index (Phi) is 3.86. The molecule has 1 unspecified atom stereocenters. The van der Waals surface area contributed by atoms with E-state index in [4.69, 9.17) is 18.0 Å². The molecule has 0 aromatic heterocycles. The Morgan fingerprint density at radius 3 is 2.43 bits per heavy atom. The van der Waals surface area contributed by atoms with Gasteiger partial charge in [-0.2, -0.15) is 0 Å². The maximum absolute atomic E-state index is 11.7. The lowest BCUT2D eigenvalue weighted by Crippen LogP contribution is -2.44. The summed E-state index contributed by atoms with van der Waals surface area (Å²) >= 11 is 4.71. The van der Waals surface area contributed by atoms with Gasteiger partial charge in [0.15, 0.2) is 0 Å². The molecule has 1 rings (SSSR count). The molecule has 82 valence electrons. The molecule has 1 saturated carbocycles. The van der Waals surface area contributed by atoms with Gasteiger partial charge < -0.3 is 5.73 Å². The number of sulfonamides is 1. The zero-order valence-electron chi connectivity index (χ0n) is 8.19. The molecule has 0 spiro atoms. The van der Waals surface area contributed by atoms with Crippen LogP contribution < -0.4 is 10.5 Å². The van der Waals surface area contributed by atoms with Crippen LogP contribution in [0.5, 0.6) is 0 Å². The van der Waals surface area contributed by atoms with Gasteiger partial charge in [0.1, 0.15) is 0 Å². The molecule has 0 saturated heterocycles. The smallest absolute Gasteiger partial charge is 0.215 e. The van der Waals surface area contributed by atoms with Gasteiger partial charge in [0.05, 0.1) is 16.3 Å². The Bertz CT molecular complexity index is 307. The summed E-state index contributed by atoms with van der Waals surface area (Å²) in [5.74, 6) is 0. The van der Waals surface area contributed by atoms with Crippen LogP contribution in [0.1, 0.15) is 32.6 Å². The van der Waals surface area contributed by atoms with E-state index < -0.39 is 16.1 Å². The van der Waals surface area contributed by atoms with E-state index in [1.54, 1.807) is 6.92 Å². The lowest BCUT2D eigenvalue weighted by molar-refractivity contribution is 0.562. The van der Waals surface area contributed by atoms with Crippen molar-refractivity contribution >= 4 is 27.2 Å². The first-order chi connectivity index (χ1) is 6.43. The van der Waals surface area contributed by atoms with E-state index in [-0.39, 0.29) is 10.2 Å². The summed E-state index contributed by atoms with van der Waals surface area (Å²) in [6.45, 7) is 1.66. The van der Waals surface area contributed by atoms with E-state index in [0.29, 0.717) is 0 Å². The van der Waals surface area contributed by atoms with Gasteiger partial charge in [0, 0.05) is 0 Å². The van der Waals surface area contributed by atoms with Crippen molar-refractivity contribution in [2.45, 2.75) is 43.9 Å². The van der Waals surface area contributed by atoms with Crippen molar-refractivity contribution in [3.63, 3.8) is 0 Å². The Labute approximate surface area is 90.3 Å². The lowest BCUT2D eigenvalue weighted by atomic mass is 10.4. The van der Waals surface area contributed by atoms with E-state index in [1.165, 1.54) is 0 Å². The second-order valence-corrected chi connectivity index (χ2v) is 6.16. The third kappa shape index (κ3) is 2.90. The van der Waals surface area contributed by atoms with Gasteiger partial charge >= 0.3 is 0 Å². The van der Waals surface area contributed by atoms with Gasteiger partial charge in [-0.3, -0.25) is 0 Å². The summed E-state index contributed by atoms with van der Waals surface area (Å²) in [4.78, 5) is 0.187. The van der Waals surface area contributed by atoms with Gasteiger partial charge in [-0.15, -0.1) is 0 Å². The van der Waals surface area contributed by atoms with Gasteiger partial charge in [-0.1, -0.05) is 25.1 Å². The van der Waals surface area contributed by atoms with Gasteiger partial charge in [0.2, 0.25) is 10.0 Å². The fraction of sp³-hybridized carbons (Fsp3) is 0.875. The van der Waals surface area contributed by atoms with Crippen molar-refractivity contribution in [1.82, 2.24) is 4.72 Å². The van der Waals surface area contributed by atoms with E-state index in [1.807, 2.05) is 0 Å². The number of thiocarbonyl (C=S) groups is 1. The van der Waals surface area contributed by atoms with Crippen LogP contribution in [0.3, 0.4) is 0 Å². The molecule has 0 bridgehead atoms. The van der Waals surface area contributed by atoms with Crippen LogP contribution in [0, 0.1) is 0 Å². The summed E-state index contributed by atoms with van der Waals surface area (Å²) in [5, 5.41) is -0.251. The highest BCUT2D eigenvalue weighted by atomic mass is 32.2. The molecule has 6 heteroatoms. The van der Waals surface area contributed by atoms with Crippen LogP contribution in [0.15, 0.2) is 0 Å². The molecular weight excluding hydrogens is 220 g/mol. The van der Waals surface area contributed by atoms with Crippen LogP contribution in [0.25, 0.3) is 0 Å². The predicted molar refractivity (Wildman–Crippen MR) is 60.6 cm³/mol. The van der Waals surface area contributed by atoms with Gasteiger partial charge in [-0.25, -0.2) is 13.1 Å². The minimum atomic E-state index is -3.22. The van der Waals surface area contributed by atoms with E-state index >= 15 is 0 Å². The SMILES string of the molecule is CC(NS(=O)(=O)C1CCCC1)C(N)=S. The first-order valence-electron chi connectivity index (χ1n) is 4.74. The summed E-state index contributed by atoms with van der Waals surface area (Å²) in [5.41, 5.74) is 5.35. The molecule has 4 nitrogen and oxygen atoms in total. The molecule has 0 heterocycles. The maximum atomic E-state index is 11.7. The fourth-order valence-corrected chi connectivity index (χ4v) is 3.50. The highest BCUT2D eigenvalue weighted by Crippen LogP contribution is 2.24. The molecule has 0 amide bonds. The minimum Gasteiger partial charge on any atom is -0.392 e. The molecule has 1 fully saturated rings. The van der Waals surface area contributed by atoms with Gasteiger partial charge in [0.25, 0.3) is 0 Å². The molecule has 3 N–H and O–H groups in total. The normalized spacial score (nSPS) is 20.9. The number of hydrogen-bond donors (Lipinski definition) is 2. The van der Waals surface area contributed by atoms with Crippen molar-refractivity contribution in [2.24, 2.45) is 5.73 Å². The predicted octanol–water partition coefficient (Wildman–Crippen LogP) is 0.523. The summed E-state index contributed by atoms with van der Waals surface area (Å²) in [6.07, 6.45) is 3.48. The lowest BCUT2D eigenvalue weighted by Gasteiger charge is -2.16. The highest BCUT2D eigenvalue weighted by molar-refractivity contribution is 7.90. The topological polar surface area (TPSA) is 72.2 Å². The molecule has 0 radical (unpaired) electrons. The first-order valence-corrected chi connectivity index (χ1v) is 6.69. The number of nitrogens with one attached hydrogen (secondary N) is 1. The monoisotopic (exact) mass is 236 g/mol. The molecule has 0 aromatic carbocycles. The number of hydrogen-bond acceptors (Lipinski definition) is 3. The van der Waals surface area contributed by atoms with Gasteiger partial charge in [-0.05, 0) is 19.8 Å². The van der Waals surface area contributed by atoms with E-state index in [9.17, 15) is 8.42 Å². The van der Waals surface area contributed by atoms with Crippen LogP contribution in [0.2, 0.25) is 0 Å². The Hall–Kier alpha value is -0.200. The van der Waals surface area contributed by atoms with Crippen molar-refractivity contribution in [2.75, 3.05) is 0 Å². The summed E-state index contributed by atoms with van der Waals surface area (Å²) in [6, 6.07) is -0.449. The van der Waals surface area contributed by atoms with Crippen LogP contribution in [-0.2, 0) is 10.0 Å². The Morgan fingerprint density at radius 1 is 1.50 bits per heavy atom. The quantitative estimate of drug-likeness (QED) is 0.698. The third-order valence-corrected chi connectivity index (χ3v) is 4.89. The van der Waals surface area contributed by atoms with E-state index in [2.05, 4.69) is 4.72 Å². The second kappa shape index (κ2) is 4.55. The van der Waals surface area contributed by atoms with Crippen molar-refractivity contribution in [3.05, 3.63) is 0 Å². The zero-order chi connectivity index (χ0) is 10.8. The van der Waals surface area contributed by atoms with Crippen molar-refractivity contribution in [1.29, 1.82) is 0 Å². The highest BCUT2D eigenvalue weighted by Gasteiger charge is 2.29. The largest absolute Gasteiger partial charge is 0.392 e. The van der Waals surface area contributed by atoms with Crippen molar-refractivity contribution in [3.8, 4) is 0 Å². The Balaban J connectivity index is 2.61. The molecule has 14 heavy (non-hydrogen) atoms.